The summed E-state index contributed by atoms with van der Waals surface area (Å²) in [5.41, 5.74) is 2.01. The third kappa shape index (κ3) is 2.74. The molecule has 1 aromatic carbocycles. The van der Waals surface area contributed by atoms with Crippen LogP contribution in [0, 0.1) is 0 Å². The second-order valence-electron chi connectivity index (χ2n) is 4.41. The van der Waals surface area contributed by atoms with E-state index in [1.54, 1.807) is 18.7 Å². The fourth-order valence-electron chi connectivity index (χ4n) is 2.05. The molecule has 0 bridgehead atoms. The number of H-pyrrole nitrogens is 2. The minimum atomic E-state index is -0.362. The van der Waals surface area contributed by atoms with Crippen LogP contribution in [0.3, 0.4) is 0 Å². The fraction of sp³-hybridized carbons (Fsp3) is 0. The maximum absolute atomic E-state index is 11.4. The van der Waals surface area contributed by atoms with E-state index in [-0.39, 0.29) is 11.8 Å². The van der Waals surface area contributed by atoms with Crippen molar-refractivity contribution in [3.63, 3.8) is 0 Å². The number of imidazole rings is 1. The van der Waals surface area contributed by atoms with Gasteiger partial charge in [0.05, 0.1) is 17.6 Å². The Kier molecular flexibility index (Phi) is 3.34. The van der Waals surface area contributed by atoms with Crippen LogP contribution in [0.5, 0.6) is 0 Å². The number of para-hydroxylation sites is 1. The van der Waals surface area contributed by atoms with Crippen LogP contribution in [-0.4, -0.2) is 26.8 Å². The number of imide groups is 1. The Morgan fingerprint density at radius 1 is 1.10 bits per heavy atom. The van der Waals surface area contributed by atoms with Gasteiger partial charge in [-0.3, -0.25) is 14.9 Å². The topological polar surface area (TPSA) is 90.6 Å². The summed E-state index contributed by atoms with van der Waals surface area (Å²) in [6, 6.07) is 9.57. The molecule has 0 fully saturated rings. The molecule has 104 valence electrons. The van der Waals surface area contributed by atoms with Crippen molar-refractivity contribution >= 4 is 28.3 Å². The molecule has 3 aromatic rings. The van der Waals surface area contributed by atoms with Gasteiger partial charge < -0.3 is 9.97 Å². The minimum absolute atomic E-state index is 0.350. The number of rotatable bonds is 1. The van der Waals surface area contributed by atoms with E-state index in [0.29, 0.717) is 11.3 Å². The van der Waals surface area contributed by atoms with E-state index < -0.39 is 0 Å². The van der Waals surface area contributed by atoms with E-state index in [0.717, 1.165) is 10.9 Å². The summed E-state index contributed by atoms with van der Waals surface area (Å²) in [5, 5.41) is 3.24. The number of carbonyl (C=O) groups excluding carboxylic acids is 2. The van der Waals surface area contributed by atoms with E-state index in [9.17, 15) is 9.59 Å². The van der Waals surface area contributed by atoms with Crippen molar-refractivity contribution in [2.24, 2.45) is 0 Å². The number of aromatic amines is 2. The molecule has 6 heteroatoms. The number of carbonyl (C=O) groups is 2. The Labute approximate surface area is 119 Å². The summed E-state index contributed by atoms with van der Waals surface area (Å²) in [6.45, 7) is 0. The van der Waals surface area contributed by atoms with Crippen molar-refractivity contribution in [2.45, 2.75) is 0 Å². The van der Waals surface area contributed by atoms with Gasteiger partial charge in [-0.1, -0.05) is 18.2 Å². The maximum Gasteiger partial charge on any atom is 0.260 e. The number of nitrogens with zero attached hydrogens (tertiary/aromatic N) is 1. The molecule has 0 radical (unpaired) electrons. The van der Waals surface area contributed by atoms with Gasteiger partial charge in [-0.05, 0) is 12.1 Å². The molecule has 2 amide bonds. The molecule has 4 rings (SSSR count). The number of aromatic nitrogens is 3. The number of benzene rings is 1. The largest absolute Gasteiger partial charge is 0.354 e. The lowest BCUT2D eigenvalue weighted by Gasteiger charge is -1.93. The fourth-order valence-corrected chi connectivity index (χ4v) is 2.05. The van der Waals surface area contributed by atoms with Crippen LogP contribution < -0.4 is 5.32 Å². The quantitative estimate of drug-likeness (QED) is 0.591. The first-order valence-electron chi connectivity index (χ1n) is 6.32. The molecule has 3 heterocycles. The number of amides is 2. The Hall–Kier alpha value is -3.15. The molecule has 2 aromatic heterocycles. The van der Waals surface area contributed by atoms with E-state index in [2.05, 4.69) is 20.3 Å². The zero-order valence-corrected chi connectivity index (χ0v) is 11.0. The summed E-state index contributed by atoms with van der Waals surface area (Å²) >= 11 is 0. The van der Waals surface area contributed by atoms with Crippen LogP contribution in [0.4, 0.5) is 0 Å². The number of hydrogen-bond donors (Lipinski definition) is 3. The Bertz CT molecular complexity index is 765. The van der Waals surface area contributed by atoms with Gasteiger partial charge in [-0.25, -0.2) is 4.98 Å². The standard InChI is InChI=1S/C12H8N2O2.C3H4N2/c15-11-6-8(12(16)14-11)10-5-7-3-1-2-4-9(7)13-10;1-2-5-3-4-1/h1-6,13H,(H,14,15,16);1-3H,(H,4,5). The van der Waals surface area contributed by atoms with Crippen molar-refractivity contribution < 1.29 is 9.59 Å². The number of fused-ring (bicyclic) bond motifs is 1. The lowest BCUT2D eigenvalue weighted by molar-refractivity contribution is -0.123. The van der Waals surface area contributed by atoms with Gasteiger partial charge in [0.1, 0.15) is 0 Å². The van der Waals surface area contributed by atoms with Gasteiger partial charge in [0.15, 0.2) is 0 Å². The summed E-state index contributed by atoms with van der Waals surface area (Å²) in [5.74, 6) is -0.713. The highest BCUT2D eigenvalue weighted by molar-refractivity contribution is 6.33. The molecule has 0 aliphatic carbocycles. The molecular formula is C15H12N4O2. The van der Waals surface area contributed by atoms with Crippen molar-refractivity contribution in [3.8, 4) is 0 Å². The van der Waals surface area contributed by atoms with E-state index in [1.165, 1.54) is 6.08 Å². The van der Waals surface area contributed by atoms with Gasteiger partial charge in [-0.2, -0.15) is 0 Å². The highest BCUT2D eigenvalue weighted by Crippen LogP contribution is 2.22. The molecule has 3 N–H and O–H groups in total. The van der Waals surface area contributed by atoms with Crippen molar-refractivity contribution in [2.75, 3.05) is 0 Å². The zero-order chi connectivity index (χ0) is 14.7. The van der Waals surface area contributed by atoms with Crippen LogP contribution in [0.1, 0.15) is 5.69 Å². The molecule has 1 aliphatic heterocycles. The molecule has 0 saturated carbocycles. The third-order valence-electron chi connectivity index (χ3n) is 2.98. The van der Waals surface area contributed by atoms with E-state index in [1.807, 2.05) is 30.3 Å². The first-order valence-corrected chi connectivity index (χ1v) is 6.32. The predicted molar refractivity (Wildman–Crippen MR) is 78.0 cm³/mol. The average Bonchev–Trinajstić information content (AvgIpc) is 3.19. The van der Waals surface area contributed by atoms with Crippen LogP contribution in [0.2, 0.25) is 0 Å². The molecule has 21 heavy (non-hydrogen) atoms. The first kappa shape index (κ1) is 12.9. The summed E-state index contributed by atoms with van der Waals surface area (Å²) in [6.07, 6.45) is 6.40. The molecule has 0 spiro atoms. The SMILES string of the molecule is O=C1C=C(c2cc3ccccc3[nH]2)C(=O)N1.c1c[nH]cn1. The van der Waals surface area contributed by atoms with Gasteiger partial charge in [-0.15, -0.1) is 0 Å². The van der Waals surface area contributed by atoms with Gasteiger partial charge in [0.2, 0.25) is 0 Å². The maximum atomic E-state index is 11.4. The summed E-state index contributed by atoms with van der Waals surface area (Å²) in [7, 11) is 0. The first-order chi connectivity index (χ1) is 10.2. The highest BCUT2D eigenvalue weighted by atomic mass is 16.2. The van der Waals surface area contributed by atoms with Crippen LogP contribution >= 0.6 is 0 Å². The normalized spacial score (nSPS) is 13.6. The molecule has 0 atom stereocenters. The van der Waals surface area contributed by atoms with Gasteiger partial charge in [0, 0.05) is 29.4 Å². The smallest absolute Gasteiger partial charge is 0.260 e. The second-order valence-corrected chi connectivity index (χ2v) is 4.41. The summed E-state index contributed by atoms with van der Waals surface area (Å²) < 4.78 is 0. The van der Waals surface area contributed by atoms with E-state index >= 15 is 0 Å². The highest BCUT2D eigenvalue weighted by Gasteiger charge is 2.23. The predicted octanol–water partition coefficient (Wildman–Crippen LogP) is 1.62. The monoisotopic (exact) mass is 280 g/mol. The number of hydrogen-bond acceptors (Lipinski definition) is 3. The molecule has 1 aliphatic rings. The Morgan fingerprint density at radius 2 is 1.95 bits per heavy atom. The molecule has 0 unspecified atom stereocenters. The van der Waals surface area contributed by atoms with Crippen molar-refractivity contribution in [1.82, 2.24) is 20.3 Å². The lowest BCUT2D eigenvalue weighted by atomic mass is 10.2. The summed E-state index contributed by atoms with van der Waals surface area (Å²) in [4.78, 5) is 32.0. The lowest BCUT2D eigenvalue weighted by Crippen LogP contribution is -2.21. The third-order valence-corrected chi connectivity index (χ3v) is 2.98. The zero-order valence-electron chi connectivity index (χ0n) is 11.0. The Morgan fingerprint density at radius 3 is 2.52 bits per heavy atom. The van der Waals surface area contributed by atoms with Gasteiger partial charge in [0.25, 0.3) is 11.8 Å². The van der Waals surface area contributed by atoms with Gasteiger partial charge >= 0.3 is 0 Å². The minimum Gasteiger partial charge on any atom is -0.354 e. The van der Waals surface area contributed by atoms with Crippen LogP contribution in [0.25, 0.3) is 16.5 Å². The molecule has 6 nitrogen and oxygen atoms in total. The number of nitrogens with one attached hydrogen (secondary N) is 3. The van der Waals surface area contributed by atoms with Crippen LogP contribution in [-0.2, 0) is 9.59 Å². The van der Waals surface area contributed by atoms with Crippen molar-refractivity contribution in [3.05, 3.63) is 60.8 Å². The Balaban J connectivity index is 0.000000225. The van der Waals surface area contributed by atoms with Crippen molar-refractivity contribution in [1.29, 1.82) is 0 Å². The molecule has 0 saturated heterocycles. The average molecular weight is 280 g/mol. The molecular weight excluding hydrogens is 268 g/mol. The second kappa shape index (κ2) is 5.46. The van der Waals surface area contributed by atoms with E-state index in [4.69, 9.17) is 0 Å². The van der Waals surface area contributed by atoms with Crippen LogP contribution in [0.15, 0.2) is 55.1 Å².